The van der Waals surface area contributed by atoms with Gasteiger partial charge in [-0.15, -0.1) is 0 Å². The van der Waals surface area contributed by atoms with Gasteiger partial charge in [-0.05, 0) is 6.07 Å². The number of hydrogen-bond donors (Lipinski definition) is 1. The van der Waals surface area contributed by atoms with E-state index in [1.165, 1.54) is 12.1 Å². The number of furan rings is 1. The summed E-state index contributed by atoms with van der Waals surface area (Å²) >= 11 is 0. The van der Waals surface area contributed by atoms with Crippen LogP contribution in [-0.2, 0) is 9.36 Å². The highest BCUT2D eigenvalue weighted by atomic mass is 31.2. The second-order valence-corrected chi connectivity index (χ2v) is 8.62. The predicted molar refractivity (Wildman–Crippen MR) is 106 cm³/mol. The number of benzene rings is 2. The first-order valence-electron chi connectivity index (χ1n) is 8.25. The van der Waals surface area contributed by atoms with Crippen LogP contribution in [0, 0.1) is 10.1 Å². The molecule has 3 aromatic rings. The molecule has 1 amide bonds. The average molecular weight is 397 g/mol. The van der Waals surface area contributed by atoms with E-state index in [1.54, 1.807) is 48.5 Å². The molecular weight excluding hydrogens is 381 g/mol. The fourth-order valence-corrected chi connectivity index (χ4v) is 5.03. The first-order valence-corrected chi connectivity index (χ1v) is 10.1. The quantitative estimate of drug-likeness (QED) is 0.285. The fourth-order valence-electron chi connectivity index (χ4n) is 2.58. The van der Waals surface area contributed by atoms with E-state index in [2.05, 4.69) is 10.5 Å². The first kappa shape index (κ1) is 19.3. The maximum atomic E-state index is 13.7. The summed E-state index contributed by atoms with van der Waals surface area (Å²) in [7, 11) is -3.20. The monoisotopic (exact) mass is 397 g/mol. The van der Waals surface area contributed by atoms with Gasteiger partial charge >= 0.3 is 5.88 Å². The third-order valence-electron chi connectivity index (χ3n) is 3.89. The number of carbonyl (C=O) groups excluding carboxylic acids is 1. The normalized spacial score (nSPS) is 11.4. The van der Waals surface area contributed by atoms with Gasteiger partial charge in [0.2, 0.25) is 5.91 Å². The van der Waals surface area contributed by atoms with Gasteiger partial charge in [-0.2, -0.15) is 5.10 Å². The molecule has 0 radical (unpaired) electrons. The Bertz CT molecular complexity index is 1000. The summed E-state index contributed by atoms with van der Waals surface area (Å²) in [6, 6.07) is 20.1. The van der Waals surface area contributed by atoms with E-state index in [0.717, 1.165) is 6.21 Å². The molecule has 1 N–H and O–H groups in total. The van der Waals surface area contributed by atoms with Gasteiger partial charge in [0, 0.05) is 10.6 Å². The molecule has 28 heavy (non-hydrogen) atoms. The van der Waals surface area contributed by atoms with Crippen LogP contribution in [0.1, 0.15) is 5.76 Å². The van der Waals surface area contributed by atoms with Crippen LogP contribution in [0.3, 0.4) is 0 Å². The molecule has 0 fully saturated rings. The van der Waals surface area contributed by atoms with Crippen molar-refractivity contribution in [3.63, 3.8) is 0 Å². The van der Waals surface area contributed by atoms with Crippen molar-refractivity contribution in [2.75, 3.05) is 6.16 Å². The number of nitrogens with zero attached hydrogens (tertiary/aromatic N) is 2. The number of hydrogen-bond acceptors (Lipinski definition) is 6. The molecule has 0 aliphatic rings. The van der Waals surface area contributed by atoms with Crippen LogP contribution in [0.4, 0.5) is 5.88 Å². The number of carbonyl (C=O) groups is 1. The van der Waals surface area contributed by atoms with E-state index in [-0.39, 0.29) is 11.9 Å². The molecule has 0 aliphatic carbocycles. The molecule has 0 bridgehead atoms. The van der Waals surface area contributed by atoms with Crippen molar-refractivity contribution in [3.05, 3.63) is 88.7 Å². The lowest BCUT2D eigenvalue weighted by Gasteiger charge is -2.18. The SMILES string of the molecule is O=C(CP(=O)(c1ccccc1)c1ccccc1)N/N=C/c1ccc([N+](=O)[O-])o1. The molecule has 0 aliphatic heterocycles. The molecule has 0 saturated carbocycles. The Hall–Kier alpha value is -3.51. The zero-order valence-electron chi connectivity index (χ0n) is 14.6. The Labute approximate surface area is 160 Å². The highest BCUT2D eigenvalue weighted by Gasteiger charge is 2.30. The number of nitro groups is 1. The van der Waals surface area contributed by atoms with Gasteiger partial charge in [0.15, 0.2) is 12.9 Å². The summed E-state index contributed by atoms with van der Waals surface area (Å²) in [4.78, 5) is 22.3. The van der Waals surface area contributed by atoms with Crippen molar-refractivity contribution in [3.8, 4) is 0 Å². The Morgan fingerprint density at radius 2 is 1.61 bits per heavy atom. The molecule has 142 valence electrons. The molecule has 9 heteroatoms. The zero-order valence-corrected chi connectivity index (χ0v) is 15.5. The maximum Gasteiger partial charge on any atom is 0.433 e. The molecule has 3 rings (SSSR count). The van der Waals surface area contributed by atoms with E-state index < -0.39 is 23.9 Å². The minimum atomic E-state index is -3.20. The fraction of sp³-hybridized carbons (Fsp3) is 0.0526. The van der Waals surface area contributed by atoms with E-state index in [9.17, 15) is 19.5 Å². The van der Waals surface area contributed by atoms with Crippen LogP contribution >= 0.6 is 7.14 Å². The van der Waals surface area contributed by atoms with Crippen LogP contribution < -0.4 is 16.0 Å². The number of rotatable bonds is 7. The highest BCUT2D eigenvalue weighted by molar-refractivity contribution is 7.79. The lowest BCUT2D eigenvalue weighted by Crippen LogP contribution is -2.28. The van der Waals surface area contributed by atoms with Gasteiger partial charge < -0.3 is 8.98 Å². The van der Waals surface area contributed by atoms with Crippen LogP contribution in [0.25, 0.3) is 0 Å². The van der Waals surface area contributed by atoms with Gasteiger partial charge in [0.1, 0.15) is 4.92 Å². The molecule has 0 unspecified atom stereocenters. The van der Waals surface area contributed by atoms with Gasteiger partial charge in [-0.1, -0.05) is 60.7 Å². The van der Waals surface area contributed by atoms with Crippen molar-refractivity contribution >= 4 is 35.8 Å². The number of amides is 1. The Morgan fingerprint density at radius 3 is 2.11 bits per heavy atom. The van der Waals surface area contributed by atoms with Gasteiger partial charge in [-0.25, -0.2) is 5.43 Å². The smallest absolute Gasteiger partial charge is 0.400 e. The van der Waals surface area contributed by atoms with E-state index >= 15 is 0 Å². The van der Waals surface area contributed by atoms with Crippen molar-refractivity contribution in [1.29, 1.82) is 0 Å². The average Bonchev–Trinajstić information content (AvgIpc) is 3.18. The molecular formula is C19H16N3O5P. The third kappa shape index (κ3) is 4.42. The summed E-state index contributed by atoms with van der Waals surface area (Å²) in [6.07, 6.45) is 0.873. The first-order chi connectivity index (χ1) is 13.5. The topological polar surface area (TPSA) is 115 Å². The van der Waals surface area contributed by atoms with Crippen LogP contribution in [0.15, 0.2) is 82.3 Å². The largest absolute Gasteiger partial charge is 0.433 e. The van der Waals surface area contributed by atoms with E-state index in [0.29, 0.717) is 10.6 Å². The molecule has 8 nitrogen and oxygen atoms in total. The van der Waals surface area contributed by atoms with Crippen LogP contribution in [0.5, 0.6) is 0 Å². The maximum absolute atomic E-state index is 13.7. The minimum Gasteiger partial charge on any atom is -0.400 e. The molecule has 0 atom stereocenters. The summed E-state index contributed by atoms with van der Waals surface area (Å²) in [5.41, 5.74) is 2.29. The predicted octanol–water partition coefficient (Wildman–Crippen LogP) is 2.65. The van der Waals surface area contributed by atoms with Gasteiger partial charge in [0.25, 0.3) is 0 Å². The standard InChI is InChI=1S/C19H16N3O5P/c23-18(21-20-13-15-11-12-19(27-15)22(24)25)14-28(26,16-7-3-1-4-8-16)17-9-5-2-6-10-17/h1-13H,14H2,(H,21,23)/b20-13+. The summed E-state index contributed by atoms with van der Waals surface area (Å²) < 4.78 is 18.6. The molecule has 0 spiro atoms. The molecule has 0 saturated heterocycles. The molecule has 2 aromatic carbocycles. The van der Waals surface area contributed by atoms with Crippen molar-refractivity contribution in [2.45, 2.75) is 0 Å². The summed E-state index contributed by atoms with van der Waals surface area (Å²) in [5.74, 6) is -0.861. The second kappa shape index (κ2) is 8.45. The third-order valence-corrected chi connectivity index (χ3v) is 6.88. The lowest BCUT2D eigenvalue weighted by atomic mass is 10.4. The van der Waals surface area contributed by atoms with Gasteiger partial charge in [-0.3, -0.25) is 14.9 Å². The summed E-state index contributed by atoms with van der Waals surface area (Å²) in [5, 5.41) is 15.5. The van der Waals surface area contributed by atoms with Gasteiger partial charge in [0.05, 0.1) is 18.4 Å². The lowest BCUT2D eigenvalue weighted by molar-refractivity contribution is -0.402. The van der Waals surface area contributed by atoms with Crippen molar-refractivity contribution < 1.29 is 18.7 Å². The Kier molecular flexibility index (Phi) is 5.81. The number of hydrazone groups is 1. The van der Waals surface area contributed by atoms with Crippen LogP contribution in [0.2, 0.25) is 0 Å². The minimum absolute atomic E-state index is 0.112. The van der Waals surface area contributed by atoms with E-state index in [4.69, 9.17) is 4.42 Å². The molecule has 1 aromatic heterocycles. The number of nitrogens with one attached hydrogen (secondary N) is 1. The Morgan fingerprint density at radius 1 is 1.04 bits per heavy atom. The van der Waals surface area contributed by atoms with Crippen LogP contribution in [-0.4, -0.2) is 23.2 Å². The Balaban J connectivity index is 1.76. The summed E-state index contributed by atoms with van der Waals surface area (Å²) in [6.45, 7) is 0. The van der Waals surface area contributed by atoms with E-state index in [1.807, 2.05) is 12.1 Å². The van der Waals surface area contributed by atoms with Crippen molar-refractivity contribution in [2.24, 2.45) is 5.10 Å². The zero-order chi connectivity index (χ0) is 20.0. The van der Waals surface area contributed by atoms with Crippen molar-refractivity contribution in [1.82, 2.24) is 5.43 Å². The highest BCUT2D eigenvalue weighted by Crippen LogP contribution is 2.42. The molecule has 1 heterocycles. The second-order valence-electron chi connectivity index (χ2n) is 5.80.